The van der Waals surface area contributed by atoms with E-state index < -0.39 is 0 Å². The summed E-state index contributed by atoms with van der Waals surface area (Å²) in [6, 6.07) is 107. The van der Waals surface area contributed by atoms with E-state index in [1.165, 1.54) is 100 Å². The van der Waals surface area contributed by atoms with E-state index in [2.05, 4.69) is 293 Å². The molecule has 0 N–H and O–H groups in total. The molecule has 0 radical (unpaired) electrons. The summed E-state index contributed by atoms with van der Waals surface area (Å²) in [6.45, 7) is 14.0. The molecule has 3 nitrogen and oxygen atoms in total. The Labute approximate surface area is 568 Å². The number of nitrogens with zero attached hydrogens (tertiary/aromatic N) is 1. The average molecular weight is 1250 g/mol. The number of fused-ring (bicyclic) bond motifs is 9. The summed E-state index contributed by atoms with van der Waals surface area (Å²) in [4.78, 5) is 2.46. The second-order valence-electron chi connectivity index (χ2n) is 27.1. The highest BCUT2D eigenvalue weighted by atomic mass is 16.5. The molecule has 96 heavy (non-hydrogen) atoms. The lowest BCUT2D eigenvalue weighted by Crippen LogP contribution is -2.27. The van der Waals surface area contributed by atoms with Crippen LogP contribution in [0.2, 0.25) is 0 Å². The van der Waals surface area contributed by atoms with E-state index in [1.54, 1.807) is 0 Å². The number of hydrogen-bond donors (Lipinski definition) is 0. The molecule has 0 amide bonds. The maximum absolute atomic E-state index is 6.16. The van der Waals surface area contributed by atoms with Crippen molar-refractivity contribution in [1.82, 2.24) is 0 Å². The van der Waals surface area contributed by atoms with Gasteiger partial charge in [-0.2, -0.15) is 0 Å². The quantitative estimate of drug-likeness (QED) is 0.0532. The van der Waals surface area contributed by atoms with Crippen molar-refractivity contribution in [1.29, 1.82) is 0 Å². The number of unbranched alkanes of at least 4 members (excludes halogenated alkanes) is 6. The zero-order valence-corrected chi connectivity index (χ0v) is 55.5. The highest BCUT2D eigenvalue weighted by Gasteiger charge is 2.46. The molecule has 472 valence electrons. The van der Waals surface area contributed by atoms with Crippen LogP contribution in [0.3, 0.4) is 0 Å². The Kier molecular flexibility index (Phi) is 17.2. The molecule has 12 aromatic carbocycles. The van der Waals surface area contributed by atoms with Crippen LogP contribution in [0, 0.1) is 0 Å². The second kappa shape index (κ2) is 26.7. The number of ether oxygens (including phenoxy) is 2. The van der Waals surface area contributed by atoms with Gasteiger partial charge in [0.2, 0.25) is 0 Å². The Morgan fingerprint density at radius 2 is 0.656 bits per heavy atom. The maximum atomic E-state index is 6.16. The summed E-state index contributed by atoms with van der Waals surface area (Å²) in [5.74, 6) is 1.83. The van der Waals surface area contributed by atoms with Crippen molar-refractivity contribution in [3.05, 3.63) is 354 Å². The van der Waals surface area contributed by atoms with E-state index in [0.717, 1.165) is 104 Å². The van der Waals surface area contributed by atoms with Gasteiger partial charge in [0.1, 0.15) is 11.5 Å². The summed E-state index contributed by atoms with van der Waals surface area (Å²) in [7, 11) is 0. The van der Waals surface area contributed by atoms with E-state index in [-0.39, 0.29) is 16.2 Å². The van der Waals surface area contributed by atoms with Gasteiger partial charge in [0, 0.05) is 33.3 Å². The first-order chi connectivity index (χ1) is 47.2. The molecule has 2 atom stereocenters. The van der Waals surface area contributed by atoms with E-state index in [9.17, 15) is 0 Å². The highest BCUT2D eigenvalue weighted by molar-refractivity contribution is 5.90. The Morgan fingerprint density at radius 1 is 0.302 bits per heavy atom. The predicted molar refractivity (Wildman–Crippen MR) is 403 cm³/mol. The summed E-state index contributed by atoms with van der Waals surface area (Å²) in [6.07, 6.45) is 14.5. The van der Waals surface area contributed by atoms with Crippen molar-refractivity contribution in [2.24, 2.45) is 0 Å². The van der Waals surface area contributed by atoms with Crippen LogP contribution in [0.15, 0.2) is 298 Å². The number of benzene rings is 12. The zero-order valence-electron chi connectivity index (χ0n) is 55.5. The van der Waals surface area contributed by atoms with Crippen LogP contribution in [0.25, 0.3) is 67.8 Å². The predicted octanol–water partition coefficient (Wildman–Crippen LogP) is 24.8. The van der Waals surface area contributed by atoms with Gasteiger partial charge in [-0.15, -0.1) is 0 Å². The van der Waals surface area contributed by atoms with Crippen LogP contribution in [-0.4, -0.2) is 13.2 Å². The fourth-order valence-corrected chi connectivity index (χ4v) is 16.3. The zero-order chi connectivity index (χ0) is 65.1. The van der Waals surface area contributed by atoms with Gasteiger partial charge in [0.05, 0.1) is 13.2 Å². The molecule has 0 saturated carbocycles. The minimum absolute atomic E-state index is 0.159. The van der Waals surface area contributed by atoms with Crippen molar-refractivity contribution in [2.75, 3.05) is 18.1 Å². The lowest BCUT2D eigenvalue weighted by molar-refractivity contribution is 0.303. The summed E-state index contributed by atoms with van der Waals surface area (Å²) in [5, 5.41) is 0. The SMILES string of the molecule is C=Cc1ccc(OCCCCCCC2(c3ccccc3)c3ccccc3-c3ccc(-c4ccc(N(c5ccc(-c6ccc7c(c6)C(CCCCCCOc6ccc(C=C)cc6)(c6ccccc6)c6ccccc6-7)cc5)c5ccc6c(c5)C(C)(C)c5ccccc5-6)cc4)cc32)cc1. The topological polar surface area (TPSA) is 21.7 Å². The fraction of sp³-hybridized carbons (Fsp3) is 0.183. The van der Waals surface area contributed by atoms with Crippen molar-refractivity contribution in [3.8, 4) is 67.1 Å². The molecule has 0 bridgehead atoms. The Hall–Kier alpha value is -10.5. The molecule has 0 spiro atoms. The van der Waals surface area contributed by atoms with Gasteiger partial charge in [-0.1, -0.05) is 290 Å². The number of anilines is 3. The average Bonchev–Trinajstić information content (AvgIpc) is 1.56. The highest BCUT2D eigenvalue weighted by Crippen LogP contribution is 2.58. The molecule has 0 heterocycles. The molecular weight excluding hydrogens is 1160 g/mol. The Bertz CT molecular complexity index is 4500. The molecule has 3 aliphatic carbocycles. The summed E-state index contributed by atoms with van der Waals surface area (Å²) >= 11 is 0. The summed E-state index contributed by atoms with van der Waals surface area (Å²) < 4.78 is 12.3. The van der Waals surface area contributed by atoms with Gasteiger partial charge >= 0.3 is 0 Å². The summed E-state index contributed by atoms with van der Waals surface area (Å²) in [5.41, 5.74) is 28.7. The Morgan fingerprint density at radius 3 is 1.10 bits per heavy atom. The van der Waals surface area contributed by atoms with Gasteiger partial charge in [-0.25, -0.2) is 0 Å². The minimum atomic E-state index is -0.288. The third-order valence-corrected chi connectivity index (χ3v) is 21.3. The Balaban J connectivity index is 0.735. The largest absolute Gasteiger partial charge is 0.494 e. The van der Waals surface area contributed by atoms with Crippen LogP contribution in [0.1, 0.15) is 134 Å². The minimum Gasteiger partial charge on any atom is -0.494 e. The monoisotopic (exact) mass is 1250 g/mol. The van der Waals surface area contributed by atoms with Gasteiger partial charge in [0.25, 0.3) is 0 Å². The molecule has 0 saturated heterocycles. The van der Waals surface area contributed by atoms with Gasteiger partial charge < -0.3 is 14.4 Å². The molecule has 3 heteroatoms. The van der Waals surface area contributed by atoms with Crippen LogP contribution >= 0.6 is 0 Å². The molecule has 0 aromatic heterocycles. The second-order valence-corrected chi connectivity index (χ2v) is 27.1. The van der Waals surface area contributed by atoms with E-state index in [1.807, 2.05) is 36.4 Å². The van der Waals surface area contributed by atoms with Crippen molar-refractivity contribution >= 4 is 29.2 Å². The molecule has 12 aromatic rings. The van der Waals surface area contributed by atoms with Crippen LogP contribution in [-0.2, 0) is 16.2 Å². The van der Waals surface area contributed by atoms with Gasteiger partial charge in [-0.3, -0.25) is 0 Å². The first-order valence-electron chi connectivity index (χ1n) is 34.8. The fourth-order valence-electron chi connectivity index (χ4n) is 16.3. The third-order valence-electron chi connectivity index (χ3n) is 21.3. The first-order valence-corrected chi connectivity index (χ1v) is 34.8. The van der Waals surface area contributed by atoms with Gasteiger partial charge in [-0.05, 0) is 210 Å². The normalized spacial score (nSPS) is 15.7. The molecule has 2 unspecified atom stereocenters. The van der Waals surface area contributed by atoms with Crippen molar-refractivity contribution in [3.63, 3.8) is 0 Å². The molecular formula is C93H83NO2. The third kappa shape index (κ3) is 11.4. The first kappa shape index (κ1) is 61.7. The lowest BCUT2D eigenvalue weighted by Gasteiger charge is -2.33. The van der Waals surface area contributed by atoms with E-state index in [4.69, 9.17) is 9.47 Å². The van der Waals surface area contributed by atoms with Crippen LogP contribution in [0.4, 0.5) is 17.1 Å². The smallest absolute Gasteiger partial charge is 0.119 e. The standard InChI is InChI=1S/C93H83NO2/c1-5-66-37-52-77(53-38-66)95-61-25-9-7-23-59-92(72-27-13-11-14-28-72)86-35-21-18-32-80(86)83-56-45-70(63-89(83)92)68-41-47-74(48-42-68)94(76-51-58-82-79-31-17-20-34-85(79)91(3,4)88(82)65-76)75-49-43-69(44-50-75)71-46-57-84-81-33-19-22-36-87(81)93(90(84)64-71,73-29-15-12-16-30-73)60-24-8-10-26-62-96-78-54-39-67(6-2)40-55-78/h5-6,11-22,27-58,63-65H,1-2,7-10,23-26,59-62H2,3-4H3. The molecule has 3 aliphatic rings. The van der Waals surface area contributed by atoms with E-state index >= 15 is 0 Å². The maximum Gasteiger partial charge on any atom is 0.119 e. The molecule has 0 fully saturated rings. The molecule has 0 aliphatic heterocycles. The molecule has 15 rings (SSSR count). The van der Waals surface area contributed by atoms with Crippen molar-refractivity contribution in [2.45, 2.75) is 94.3 Å². The number of hydrogen-bond acceptors (Lipinski definition) is 3. The lowest BCUT2D eigenvalue weighted by atomic mass is 9.69. The van der Waals surface area contributed by atoms with Crippen LogP contribution in [0.5, 0.6) is 11.5 Å². The van der Waals surface area contributed by atoms with Crippen LogP contribution < -0.4 is 14.4 Å². The van der Waals surface area contributed by atoms with Gasteiger partial charge in [0.15, 0.2) is 0 Å². The number of rotatable bonds is 25. The van der Waals surface area contributed by atoms with E-state index in [0.29, 0.717) is 13.2 Å². The van der Waals surface area contributed by atoms with Crippen molar-refractivity contribution < 1.29 is 9.47 Å².